The van der Waals surface area contributed by atoms with Gasteiger partial charge >= 0.3 is 0 Å². The van der Waals surface area contributed by atoms with Crippen molar-refractivity contribution >= 4 is 21.7 Å². The molecule has 0 heterocycles. The quantitative estimate of drug-likeness (QED) is 0.258. The molecule has 1 rings (SSSR count). The molecule has 0 spiro atoms. The first kappa shape index (κ1) is 13.3. The van der Waals surface area contributed by atoms with Gasteiger partial charge in [-0.15, -0.1) is 0 Å². The van der Waals surface area contributed by atoms with Crippen LogP contribution in [0.4, 0.5) is 5.69 Å². The monoisotopic (exact) mass is 258 g/mol. The largest absolute Gasteiger partial charge is 0.409 e. The molecule has 17 heavy (non-hydrogen) atoms. The van der Waals surface area contributed by atoms with E-state index in [9.17, 15) is 8.42 Å². The minimum atomic E-state index is -3.53. The lowest BCUT2D eigenvalue weighted by Gasteiger charge is -2.08. The van der Waals surface area contributed by atoms with E-state index in [1.54, 1.807) is 19.1 Å². The first-order chi connectivity index (χ1) is 7.98. The summed E-state index contributed by atoms with van der Waals surface area (Å²) in [5.74, 6) is -0.0360. The predicted octanol–water partition coefficient (Wildman–Crippen LogP) is 0.0473. The fourth-order valence-corrected chi connectivity index (χ4v) is 2.05. The van der Waals surface area contributed by atoms with Crippen LogP contribution in [0.3, 0.4) is 0 Å². The van der Waals surface area contributed by atoms with Crippen molar-refractivity contribution in [2.45, 2.75) is 6.92 Å². The summed E-state index contributed by atoms with van der Waals surface area (Å²) in [4.78, 5) is 0. The van der Waals surface area contributed by atoms with Gasteiger partial charge in [0.15, 0.2) is 5.84 Å². The van der Waals surface area contributed by atoms with Gasteiger partial charge in [-0.1, -0.05) is 12.1 Å². The second-order valence-electron chi connectivity index (χ2n) is 3.17. The Labute approximate surface area is 99.5 Å². The molecule has 0 unspecified atom stereocenters. The summed E-state index contributed by atoms with van der Waals surface area (Å²) in [6, 6.07) is 6.11. The number of nitrogens with two attached hydrogens (primary N) is 1. The maximum absolute atomic E-state index is 11.4. The van der Waals surface area contributed by atoms with Crippen molar-refractivity contribution < 1.29 is 13.6 Å². The third-order valence-corrected chi connectivity index (χ3v) is 3.05. The van der Waals surface area contributed by atoms with Crippen molar-refractivity contribution in [3.63, 3.8) is 0 Å². The van der Waals surface area contributed by atoms with Crippen LogP contribution in [0, 0.1) is 0 Å². The first-order valence-corrected chi connectivity index (χ1v) is 6.32. The minimum absolute atomic E-state index is 0.0360. The zero-order valence-corrected chi connectivity index (χ0v) is 10.0. The van der Waals surface area contributed by atoms with E-state index in [0.29, 0.717) is 17.8 Å². The fraction of sp³-hybridized carbons (Fsp3) is 0.222. The van der Waals surface area contributed by atoms with Gasteiger partial charge in [-0.2, -0.15) is 13.1 Å². The molecular weight excluding hydrogens is 244 g/mol. The lowest BCUT2D eigenvalue weighted by Crippen LogP contribution is -2.29. The second kappa shape index (κ2) is 5.51. The van der Waals surface area contributed by atoms with Crippen LogP contribution in [0.15, 0.2) is 29.4 Å². The van der Waals surface area contributed by atoms with Gasteiger partial charge in [-0.3, -0.25) is 4.72 Å². The molecule has 94 valence electrons. The SMILES string of the molecule is CCNS(=O)(=O)Nc1ccc(/C(N)=N/O)cc1. The van der Waals surface area contributed by atoms with Gasteiger partial charge in [0.2, 0.25) is 0 Å². The van der Waals surface area contributed by atoms with Crippen molar-refractivity contribution in [3.05, 3.63) is 29.8 Å². The molecule has 0 aliphatic carbocycles. The molecule has 0 aliphatic rings. The summed E-state index contributed by atoms with van der Waals surface area (Å²) in [5.41, 5.74) is 6.26. The standard InChI is InChI=1S/C9H14N4O3S/c1-2-11-17(15,16)13-8-5-3-7(4-6-8)9(10)12-14/h3-6,11,13-14H,2H2,1H3,(H2,10,12). The number of hydrogen-bond donors (Lipinski definition) is 4. The summed E-state index contributed by atoms with van der Waals surface area (Å²) >= 11 is 0. The first-order valence-electron chi connectivity index (χ1n) is 4.84. The molecule has 1 aromatic carbocycles. The Balaban J connectivity index is 2.82. The maximum atomic E-state index is 11.4. The topological polar surface area (TPSA) is 117 Å². The van der Waals surface area contributed by atoms with Crippen molar-refractivity contribution in [2.24, 2.45) is 10.9 Å². The van der Waals surface area contributed by atoms with E-state index < -0.39 is 10.2 Å². The summed E-state index contributed by atoms with van der Waals surface area (Å²) < 4.78 is 27.3. The van der Waals surface area contributed by atoms with E-state index in [0.717, 1.165) is 0 Å². The van der Waals surface area contributed by atoms with Crippen molar-refractivity contribution in [1.29, 1.82) is 0 Å². The van der Waals surface area contributed by atoms with Crippen LogP contribution >= 0.6 is 0 Å². The van der Waals surface area contributed by atoms with E-state index in [4.69, 9.17) is 10.9 Å². The maximum Gasteiger partial charge on any atom is 0.299 e. The Morgan fingerprint density at radius 3 is 2.47 bits per heavy atom. The van der Waals surface area contributed by atoms with Crippen molar-refractivity contribution in [1.82, 2.24) is 4.72 Å². The Bertz CT molecular complexity index is 495. The third-order valence-electron chi connectivity index (χ3n) is 1.87. The fourth-order valence-electron chi connectivity index (χ4n) is 1.15. The smallest absolute Gasteiger partial charge is 0.299 e. The Kier molecular flexibility index (Phi) is 4.30. The molecule has 0 fully saturated rings. The molecule has 1 aromatic rings. The highest BCUT2D eigenvalue weighted by molar-refractivity contribution is 7.90. The lowest BCUT2D eigenvalue weighted by molar-refractivity contribution is 0.318. The third kappa shape index (κ3) is 3.93. The summed E-state index contributed by atoms with van der Waals surface area (Å²) in [5, 5.41) is 11.3. The summed E-state index contributed by atoms with van der Waals surface area (Å²) in [6.07, 6.45) is 0. The second-order valence-corrected chi connectivity index (χ2v) is 4.67. The number of oxime groups is 1. The number of benzene rings is 1. The number of rotatable bonds is 5. The van der Waals surface area contributed by atoms with Gasteiger partial charge in [0, 0.05) is 17.8 Å². The zero-order valence-electron chi connectivity index (χ0n) is 9.21. The zero-order chi connectivity index (χ0) is 12.9. The summed E-state index contributed by atoms with van der Waals surface area (Å²) in [6.45, 7) is 1.98. The Hall–Kier alpha value is -1.80. The number of nitrogens with one attached hydrogen (secondary N) is 2. The minimum Gasteiger partial charge on any atom is -0.409 e. The molecule has 0 bridgehead atoms. The van der Waals surface area contributed by atoms with Gasteiger partial charge in [0.05, 0.1) is 0 Å². The molecular formula is C9H14N4O3S. The molecule has 0 saturated heterocycles. The molecule has 7 nitrogen and oxygen atoms in total. The molecule has 0 amide bonds. The van der Waals surface area contributed by atoms with Gasteiger partial charge in [0.25, 0.3) is 10.2 Å². The highest BCUT2D eigenvalue weighted by atomic mass is 32.2. The molecule has 0 aliphatic heterocycles. The number of anilines is 1. The van der Waals surface area contributed by atoms with E-state index in [1.165, 1.54) is 12.1 Å². The highest BCUT2D eigenvalue weighted by Gasteiger charge is 2.07. The van der Waals surface area contributed by atoms with Crippen LogP contribution < -0.4 is 15.2 Å². The van der Waals surface area contributed by atoms with Crippen molar-refractivity contribution in [3.8, 4) is 0 Å². The Morgan fingerprint density at radius 1 is 1.41 bits per heavy atom. The van der Waals surface area contributed by atoms with Crippen molar-refractivity contribution in [2.75, 3.05) is 11.3 Å². The van der Waals surface area contributed by atoms with E-state index in [2.05, 4.69) is 14.6 Å². The van der Waals surface area contributed by atoms with E-state index >= 15 is 0 Å². The van der Waals surface area contributed by atoms with Crippen LogP contribution in [-0.2, 0) is 10.2 Å². The summed E-state index contributed by atoms with van der Waals surface area (Å²) in [7, 11) is -3.53. The van der Waals surface area contributed by atoms with Crippen LogP contribution in [0.2, 0.25) is 0 Å². The highest BCUT2D eigenvalue weighted by Crippen LogP contribution is 2.10. The average molecular weight is 258 g/mol. The molecule has 0 saturated carbocycles. The van der Waals surface area contributed by atoms with Crippen LogP contribution in [0.25, 0.3) is 0 Å². The lowest BCUT2D eigenvalue weighted by atomic mass is 10.2. The van der Waals surface area contributed by atoms with Gasteiger partial charge in [-0.05, 0) is 24.3 Å². The van der Waals surface area contributed by atoms with Crippen LogP contribution in [0.1, 0.15) is 12.5 Å². The van der Waals surface area contributed by atoms with E-state index in [-0.39, 0.29) is 5.84 Å². The van der Waals surface area contributed by atoms with Crippen LogP contribution in [-0.4, -0.2) is 26.0 Å². The molecule has 5 N–H and O–H groups in total. The number of nitrogens with zero attached hydrogens (tertiary/aromatic N) is 1. The Morgan fingerprint density at radius 2 is 2.00 bits per heavy atom. The van der Waals surface area contributed by atoms with E-state index in [1.807, 2.05) is 0 Å². The molecule has 0 atom stereocenters. The van der Waals surface area contributed by atoms with Gasteiger partial charge < -0.3 is 10.9 Å². The normalized spacial score (nSPS) is 12.4. The number of hydrogen-bond acceptors (Lipinski definition) is 4. The molecule has 0 aromatic heterocycles. The van der Waals surface area contributed by atoms with Gasteiger partial charge in [-0.25, -0.2) is 0 Å². The molecule has 8 heteroatoms. The predicted molar refractivity (Wildman–Crippen MR) is 65.2 cm³/mol. The average Bonchev–Trinajstić information content (AvgIpc) is 2.28. The van der Waals surface area contributed by atoms with Gasteiger partial charge in [0.1, 0.15) is 0 Å². The van der Waals surface area contributed by atoms with Crippen LogP contribution in [0.5, 0.6) is 0 Å². The number of amidine groups is 1. The molecule has 0 radical (unpaired) electrons.